The predicted octanol–water partition coefficient (Wildman–Crippen LogP) is 3.77. The predicted molar refractivity (Wildman–Crippen MR) is 61.8 cm³/mol. The molecular formula is C13H19N. The second-order valence-electron chi connectivity index (χ2n) is 4.91. The molecule has 1 nitrogen and oxygen atoms in total. The van der Waals surface area contributed by atoms with Gasteiger partial charge in [0.2, 0.25) is 0 Å². The van der Waals surface area contributed by atoms with Crippen molar-refractivity contribution >= 4 is 5.69 Å². The van der Waals surface area contributed by atoms with Gasteiger partial charge in [-0.05, 0) is 44.2 Å². The number of para-hydroxylation sites is 1. The molecule has 0 fully saturated rings. The van der Waals surface area contributed by atoms with Gasteiger partial charge < -0.3 is 5.32 Å². The molecule has 0 aliphatic carbocycles. The van der Waals surface area contributed by atoms with Gasteiger partial charge in [0.05, 0.1) is 0 Å². The molecule has 0 saturated carbocycles. The Balaban J connectivity index is 2.41. The van der Waals surface area contributed by atoms with Gasteiger partial charge in [-0.15, -0.1) is 0 Å². The van der Waals surface area contributed by atoms with Crippen LogP contribution in [0.1, 0.15) is 45.1 Å². The smallest absolute Gasteiger partial charge is 0.0379 e. The first-order chi connectivity index (χ1) is 6.62. The standard InChI is InChI=1S/C13H19N/c1-4-10-9-13(2,3)14-12-8-6-5-7-11(10)12/h5-8,10,14H,4,9H2,1-3H3. The number of anilines is 1. The summed E-state index contributed by atoms with van der Waals surface area (Å²) in [6.45, 7) is 6.85. The van der Waals surface area contributed by atoms with Crippen LogP contribution in [0, 0.1) is 0 Å². The van der Waals surface area contributed by atoms with Gasteiger partial charge in [-0.1, -0.05) is 25.1 Å². The summed E-state index contributed by atoms with van der Waals surface area (Å²) in [5.74, 6) is 0.724. The van der Waals surface area contributed by atoms with Crippen LogP contribution >= 0.6 is 0 Å². The molecule has 0 radical (unpaired) electrons. The van der Waals surface area contributed by atoms with E-state index < -0.39 is 0 Å². The summed E-state index contributed by atoms with van der Waals surface area (Å²) < 4.78 is 0. The Morgan fingerprint density at radius 2 is 2.07 bits per heavy atom. The van der Waals surface area contributed by atoms with E-state index >= 15 is 0 Å². The monoisotopic (exact) mass is 189 g/mol. The van der Waals surface area contributed by atoms with Crippen molar-refractivity contribution in [3.05, 3.63) is 29.8 Å². The molecule has 1 aliphatic rings. The summed E-state index contributed by atoms with van der Waals surface area (Å²) in [6.07, 6.45) is 2.47. The van der Waals surface area contributed by atoms with Crippen LogP contribution in [0.3, 0.4) is 0 Å². The number of hydrogen-bond donors (Lipinski definition) is 1. The molecule has 76 valence electrons. The van der Waals surface area contributed by atoms with Crippen LogP contribution < -0.4 is 5.32 Å². The van der Waals surface area contributed by atoms with Crippen LogP contribution in [0.2, 0.25) is 0 Å². The number of rotatable bonds is 1. The number of fused-ring (bicyclic) bond motifs is 1. The van der Waals surface area contributed by atoms with Gasteiger partial charge in [-0.25, -0.2) is 0 Å². The summed E-state index contributed by atoms with van der Waals surface area (Å²) in [6, 6.07) is 8.70. The summed E-state index contributed by atoms with van der Waals surface area (Å²) >= 11 is 0. The van der Waals surface area contributed by atoms with Crippen molar-refractivity contribution in [2.24, 2.45) is 0 Å². The van der Waals surface area contributed by atoms with E-state index in [1.807, 2.05) is 0 Å². The van der Waals surface area contributed by atoms with E-state index in [-0.39, 0.29) is 5.54 Å². The summed E-state index contributed by atoms with van der Waals surface area (Å²) in [4.78, 5) is 0. The van der Waals surface area contributed by atoms with E-state index in [9.17, 15) is 0 Å². The van der Waals surface area contributed by atoms with Crippen LogP contribution in [-0.2, 0) is 0 Å². The van der Waals surface area contributed by atoms with E-state index in [0.29, 0.717) is 0 Å². The maximum absolute atomic E-state index is 3.60. The molecule has 0 saturated heterocycles. The molecule has 0 amide bonds. The topological polar surface area (TPSA) is 12.0 Å². The molecule has 14 heavy (non-hydrogen) atoms. The Bertz CT molecular complexity index is 328. The van der Waals surface area contributed by atoms with Crippen molar-refractivity contribution in [2.45, 2.75) is 45.1 Å². The highest BCUT2D eigenvalue weighted by molar-refractivity contribution is 5.56. The van der Waals surface area contributed by atoms with E-state index in [1.54, 1.807) is 0 Å². The van der Waals surface area contributed by atoms with E-state index in [4.69, 9.17) is 0 Å². The van der Waals surface area contributed by atoms with Gasteiger partial charge in [0.15, 0.2) is 0 Å². The van der Waals surface area contributed by atoms with Gasteiger partial charge in [0, 0.05) is 11.2 Å². The van der Waals surface area contributed by atoms with Crippen LogP contribution in [0.25, 0.3) is 0 Å². The highest BCUT2D eigenvalue weighted by atomic mass is 15.0. The molecular weight excluding hydrogens is 170 g/mol. The number of benzene rings is 1. The lowest BCUT2D eigenvalue weighted by molar-refractivity contribution is 0.429. The Morgan fingerprint density at radius 1 is 1.36 bits per heavy atom. The average Bonchev–Trinajstić information content (AvgIpc) is 2.15. The van der Waals surface area contributed by atoms with E-state index in [1.165, 1.54) is 24.1 Å². The maximum Gasteiger partial charge on any atom is 0.0379 e. The molecule has 1 unspecified atom stereocenters. The largest absolute Gasteiger partial charge is 0.380 e. The molecule has 1 aliphatic heterocycles. The lowest BCUT2D eigenvalue weighted by atomic mass is 9.80. The molecule has 1 aromatic rings. The fraction of sp³-hybridized carbons (Fsp3) is 0.538. The number of nitrogens with one attached hydrogen (secondary N) is 1. The Hall–Kier alpha value is -0.980. The van der Waals surface area contributed by atoms with E-state index in [2.05, 4.69) is 50.4 Å². The molecule has 1 heterocycles. The normalized spacial score (nSPS) is 23.8. The fourth-order valence-electron chi connectivity index (χ4n) is 2.47. The first-order valence-corrected chi connectivity index (χ1v) is 5.49. The third kappa shape index (κ3) is 1.63. The molecule has 0 aromatic heterocycles. The third-order valence-electron chi connectivity index (χ3n) is 3.12. The minimum absolute atomic E-state index is 0.245. The van der Waals surface area contributed by atoms with Crippen molar-refractivity contribution in [3.63, 3.8) is 0 Å². The summed E-state index contributed by atoms with van der Waals surface area (Å²) in [7, 11) is 0. The first-order valence-electron chi connectivity index (χ1n) is 5.49. The number of hydrogen-bond acceptors (Lipinski definition) is 1. The van der Waals surface area contributed by atoms with Crippen molar-refractivity contribution in [2.75, 3.05) is 5.32 Å². The van der Waals surface area contributed by atoms with E-state index in [0.717, 1.165) is 5.92 Å². The van der Waals surface area contributed by atoms with Crippen molar-refractivity contribution in [1.82, 2.24) is 0 Å². The van der Waals surface area contributed by atoms with Gasteiger partial charge in [0.25, 0.3) is 0 Å². The van der Waals surface area contributed by atoms with Gasteiger partial charge in [-0.2, -0.15) is 0 Å². The van der Waals surface area contributed by atoms with Crippen LogP contribution in [0.4, 0.5) is 5.69 Å². The quantitative estimate of drug-likeness (QED) is 0.709. The third-order valence-corrected chi connectivity index (χ3v) is 3.12. The molecule has 1 heteroatoms. The SMILES string of the molecule is CCC1CC(C)(C)Nc2ccccc21. The maximum atomic E-state index is 3.60. The average molecular weight is 189 g/mol. The fourth-order valence-corrected chi connectivity index (χ4v) is 2.47. The highest BCUT2D eigenvalue weighted by Gasteiger charge is 2.29. The minimum atomic E-state index is 0.245. The van der Waals surface area contributed by atoms with Crippen LogP contribution in [-0.4, -0.2) is 5.54 Å². The molecule has 1 N–H and O–H groups in total. The van der Waals surface area contributed by atoms with Gasteiger partial charge in [0.1, 0.15) is 0 Å². The molecule has 2 rings (SSSR count). The Kier molecular flexibility index (Phi) is 2.26. The molecule has 0 bridgehead atoms. The summed E-state index contributed by atoms with van der Waals surface area (Å²) in [5.41, 5.74) is 3.07. The van der Waals surface area contributed by atoms with Gasteiger partial charge in [-0.3, -0.25) is 0 Å². The zero-order chi connectivity index (χ0) is 10.2. The molecule has 0 spiro atoms. The summed E-state index contributed by atoms with van der Waals surface area (Å²) in [5, 5.41) is 3.60. The first kappa shape index (κ1) is 9.57. The minimum Gasteiger partial charge on any atom is -0.380 e. The highest BCUT2D eigenvalue weighted by Crippen LogP contribution is 2.39. The van der Waals surface area contributed by atoms with Crippen molar-refractivity contribution in [1.29, 1.82) is 0 Å². The van der Waals surface area contributed by atoms with Crippen molar-refractivity contribution in [3.8, 4) is 0 Å². The molecule has 1 aromatic carbocycles. The lowest BCUT2D eigenvalue weighted by Gasteiger charge is -2.38. The van der Waals surface area contributed by atoms with Crippen LogP contribution in [0.15, 0.2) is 24.3 Å². The lowest BCUT2D eigenvalue weighted by Crippen LogP contribution is -2.37. The van der Waals surface area contributed by atoms with Crippen molar-refractivity contribution < 1.29 is 0 Å². The Morgan fingerprint density at radius 3 is 2.79 bits per heavy atom. The second kappa shape index (κ2) is 3.30. The second-order valence-corrected chi connectivity index (χ2v) is 4.91. The Labute approximate surface area is 86.5 Å². The molecule has 1 atom stereocenters. The zero-order valence-corrected chi connectivity index (χ0v) is 9.30. The van der Waals surface area contributed by atoms with Crippen LogP contribution in [0.5, 0.6) is 0 Å². The zero-order valence-electron chi connectivity index (χ0n) is 9.30. The van der Waals surface area contributed by atoms with Gasteiger partial charge >= 0.3 is 0 Å².